The van der Waals surface area contributed by atoms with Crippen LogP contribution in [0.1, 0.15) is 19.3 Å². The first kappa shape index (κ1) is 12.0. The predicted molar refractivity (Wildman–Crippen MR) is 63.6 cm³/mol. The number of thioether (sulfide) groups is 1. The van der Waals surface area contributed by atoms with Gasteiger partial charge in [0.15, 0.2) is 0 Å². The van der Waals surface area contributed by atoms with Gasteiger partial charge < -0.3 is 5.11 Å². The molecule has 0 atom stereocenters. The summed E-state index contributed by atoms with van der Waals surface area (Å²) >= 11 is 5.20. The Morgan fingerprint density at radius 2 is 2.14 bits per heavy atom. The monoisotopic (exact) mass is 275 g/mol. The molecule has 1 rings (SSSR count). The summed E-state index contributed by atoms with van der Waals surface area (Å²) in [6.45, 7) is 0.309. The van der Waals surface area contributed by atoms with Crippen molar-refractivity contribution in [2.75, 3.05) is 12.4 Å². The van der Waals surface area contributed by atoms with Crippen molar-refractivity contribution in [3.63, 3.8) is 0 Å². The van der Waals surface area contributed by atoms with Gasteiger partial charge in [0.25, 0.3) is 0 Å². The van der Waals surface area contributed by atoms with E-state index in [1.165, 1.54) is 4.90 Å². The van der Waals surface area contributed by atoms with Gasteiger partial charge in [-0.15, -0.1) is 11.8 Å². The summed E-state index contributed by atoms with van der Waals surface area (Å²) in [7, 11) is 0. The van der Waals surface area contributed by atoms with Crippen molar-refractivity contribution in [3.8, 4) is 0 Å². The van der Waals surface area contributed by atoms with Crippen LogP contribution in [0.2, 0.25) is 0 Å². The molecule has 2 nitrogen and oxygen atoms in total. The van der Waals surface area contributed by atoms with Gasteiger partial charge in [-0.05, 0) is 40.6 Å². The minimum atomic E-state index is 0.309. The van der Waals surface area contributed by atoms with Crippen LogP contribution in [-0.2, 0) is 0 Å². The van der Waals surface area contributed by atoms with Gasteiger partial charge in [0, 0.05) is 28.4 Å². The summed E-state index contributed by atoms with van der Waals surface area (Å²) in [5.41, 5.74) is 0. The Labute approximate surface area is 97.3 Å². The SMILES string of the molecule is OCCCCCSc1cncc(Br)c1. The number of hydrogen-bond donors (Lipinski definition) is 1. The zero-order valence-electron chi connectivity index (χ0n) is 7.95. The van der Waals surface area contributed by atoms with Crippen LogP contribution in [0.4, 0.5) is 0 Å². The number of aliphatic hydroxyl groups excluding tert-OH is 1. The lowest BCUT2D eigenvalue weighted by atomic mass is 10.3. The molecule has 0 fully saturated rings. The molecule has 0 aliphatic carbocycles. The summed E-state index contributed by atoms with van der Waals surface area (Å²) < 4.78 is 1.03. The summed E-state index contributed by atoms with van der Waals surface area (Å²) in [4.78, 5) is 5.29. The van der Waals surface area contributed by atoms with Crippen molar-refractivity contribution in [1.82, 2.24) is 4.98 Å². The Kier molecular flexibility index (Phi) is 6.23. The Balaban J connectivity index is 2.18. The van der Waals surface area contributed by atoms with Crippen LogP contribution in [0.15, 0.2) is 27.8 Å². The second-order valence-corrected chi connectivity index (χ2v) is 5.06. The first-order chi connectivity index (χ1) is 6.83. The molecule has 1 heterocycles. The highest BCUT2D eigenvalue weighted by Gasteiger charge is 1.95. The van der Waals surface area contributed by atoms with Gasteiger partial charge in [-0.3, -0.25) is 4.98 Å². The van der Waals surface area contributed by atoms with E-state index in [0.717, 1.165) is 29.5 Å². The molecular formula is C10H14BrNOS. The molecule has 0 saturated carbocycles. The van der Waals surface area contributed by atoms with Crippen molar-refractivity contribution in [2.24, 2.45) is 0 Å². The van der Waals surface area contributed by atoms with Crippen LogP contribution in [0, 0.1) is 0 Å². The van der Waals surface area contributed by atoms with Crippen LogP contribution < -0.4 is 0 Å². The summed E-state index contributed by atoms with van der Waals surface area (Å²) in [6.07, 6.45) is 6.83. The summed E-state index contributed by atoms with van der Waals surface area (Å²) in [5, 5.41) is 8.60. The lowest BCUT2D eigenvalue weighted by Crippen LogP contribution is -1.85. The average Bonchev–Trinajstić information content (AvgIpc) is 2.18. The second-order valence-electron chi connectivity index (χ2n) is 2.97. The smallest absolute Gasteiger partial charge is 0.0431 e. The van der Waals surface area contributed by atoms with Crippen LogP contribution in [0.3, 0.4) is 0 Å². The highest BCUT2D eigenvalue weighted by Crippen LogP contribution is 2.21. The molecular weight excluding hydrogens is 262 g/mol. The van der Waals surface area contributed by atoms with Crippen molar-refractivity contribution in [3.05, 3.63) is 22.9 Å². The van der Waals surface area contributed by atoms with E-state index in [1.807, 2.05) is 18.0 Å². The van der Waals surface area contributed by atoms with E-state index in [2.05, 4.69) is 27.0 Å². The van der Waals surface area contributed by atoms with Crippen LogP contribution >= 0.6 is 27.7 Å². The Morgan fingerprint density at radius 1 is 1.29 bits per heavy atom. The fraction of sp³-hybridized carbons (Fsp3) is 0.500. The van der Waals surface area contributed by atoms with Crippen LogP contribution in [-0.4, -0.2) is 22.5 Å². The number of aromatic nitrogens is 1. The van der Waals surface area contributed by atoms with E-state index in [1.54, 1.807) is 6.20 Å². The maximum atomic E-state index is 8.60. The number of hydrogen-bond acceptors (Lipinski definition) is 3. The molecule has 0 spiro atoms. The highest BCUT2D eigenvalue weighted by molar-refractivity contribution is 9.10. The molecule has 0 aliphatic rings. The van der Waals surface area contributed by atoms with Crippen LogP contribution in [0.5, 0.6) is 0 Å². The van der Waals surface area contributed by atoms with E-state index >= 15 is 0 Å². The van der Waals surface area contributed by atoms with E-state index in [4.69, 9.17) is 5.11 Å². The third-order valence-electron chi connectivity index (χ3n) is 1.75. The molecule has 1 aromatic heterocycles. The molecule has 0 radical (unpaired) electrons. The maximum Gasteiger partial charge on any atom is 0.0431 e. The maximum absolute atomic E-state index is 8.60. The van der Waals surface area contributed by atoms with Crippen molar-refractivity contribution >= 4 is 27.7 Å². The third kappa shape index (κ3) is 4.98. The minimum Gasteiger partial charge on any atom is -0.396 e. The number of halogens is 1. The van der Waals surface area contributed by atoms with E-state index in [-0.39, 0.29) is 0 Å². The lowest BCUT2D eigenvalue weighted by molar-refractivity contribution is 0.284. The fourth-order valence-corrected chi connectivity index (χ4v) is 2.50. The molecule has 0 saturated heterocycles. The van der Waals surface area contributed by atoms with Crippen molar-refractivity contribution in [1.29, 1.82) is 0 Å². The molecule has 0 unspecified atom stereocenters. The molecule has 4 heteroatoms. The van der Waals surface area contributed by atoms with Gasteiger partial charge in [0.1, 0.15) is 0 Å². The number of nitrogens with zero attached hydrogens (tertiary/aromatic N) is 1. The standard InChI is InChI=1S/C10H14BrNOS/c11-9-6-10(8-12-7-9)14-5-3-1-2-4-13/h6-8,13H,1-5H2. The zero-order valence-corrected chi connectivity index (χ0v) is 10.4. The molecule has 0 aliphatic heterocycles. The lowest BCUT2D eigenvalue weighted by Gasteiger charge is -2.00. The molecule has 0 amide bonds. The fourth-order valence-electron chi connectivity index (χ4n) is 1.05. The van der Waals surface area contributed by atoms with E-state index in [9.17, 15) is 0 Å². The predicted octanol–water partition coefficient (Wildman–Crippen LogP) is 3.10. The number of aliphatic hydroxyl groups is 1. The first-order valence-electron chi connectivity index (χ1n) is 4.67. The third-order valence-corrected chi connectivity index (χ3v) is 3.23. The number of pyridine rings is 1. The van der Waals surface area contributed by atoms with Gasteiger partial charge in [-0.2, -0.15) is 0 Å². The summed E-state index contributed by atoms with van der Waals surface area (Å²) in [5.74, 6) is 1.10. The Morgan fingerprint density at radius 3 is 2.86 bits per heavy atom. The number of rotatable bonds is 6. The van der Waals surface area contributed by atoms with Crippen molar-refractivity contribution in [2.45, 2.75) is 24.2 Å². The van der Waals surface area contributed by atoms with Crippen LogP contribution in [0.25, 0.3) is 0 Å². The minimum absolute atomic E-state index is 0.309. The Hall–Kier alpha value is -0.0600. The molecule has 1 N–H and O–H groups in total. The largest absolute Gasteiger partial charge is 0.396 e. The van der Waals surface area contributed by atoms with E-state index in [0.29, 0.717) is 6.61 Å². The summed E-state index contributed by atoms with van der Waals surface area (Å²) in [6, 6.07) is 2.07. The van der Waals surface area contributed by atoms with Gasteiger partial charge in [0.2, 0.25) is 0 Å². The molecule has 1 aromatic rings. The average molecular weight is 276 g/mol. The van der Waals surface area contributed by atoms with Gasteiger partial charge in [-0.1, -0.05) is 6.42 Å². The zero-order chi connectivity index (χ0) is 10.2. The highest BCUT2D eigenvalue weighted by atomic mass is 79.9. The van der Waals surface area contributed by atoms with Crippen molar-refractivity contribution < 1.29 is 5.11 Å². The van der Waals surface area contributed by atoms with Gasteiger partial charge in [0.05, 0.1) is 0 Å². The Bertz CT molecular complexity index is 270. The molecule has 14 heavy (non-hydrogen) atoms. The molecule has 0 bridgehead atoms. The van der Waals surface area contributed by atoms with Gasteiger partial charge in [-0.25, -0.2) is 0 Å². The first-order valence-corrected chi connectivity index (χ1v) is 6.45. The quantitative estimate of drug-likeness (QED) is 0.640. The molecule has 78 valence electrons. The number of unbranched alkanes of at least 4 members (excludes halogenated alkanes) is 2. The van der Waals surface area contributed by atoms with E-state index < -0.39 is 0 Å². The second kappa shape index (κ2) is 7.26. The topological polar surface area (TPSA) is 33.1 Å². The molecule has 0 aromatic carbocycles. The van der Waals surface area contributed by atoms with Gasteiger partial charge >= 0.3 is 0 Å². The normalized spacial score (nSPS) is 10.4.